The average Bonchev–Trinajstić information content (AvgIpc) is 2.70. The van der Waals surface area contributed by atoms with Crippen LogP contribution in [0.5, 0.6) is 0 Å². The van der Waals surface area contributed by atoms with Crippen LogP contribution in [0.1, 0.15) is 33.4 Å². The summed E-state index contributed by atoms with van der Waals surface area (Å²) >= 11 is 0. The molecule has 0 aromatic carbocycles. The molecule has 0 aliphatic heterocycles. The van der Waals surface area contributed by atoms with E-state index in [4.69, 9.17) is 0 Å². The summed E-state index contributed by atoms with van der Waals surface area (Å²) in [7, 11) is 0. The Kier molecular flexibility index (Phi) is 11.7. The predicted octanol–water partition coefficient (Wildman–Crippen LogP) is 3.68. The van der Waals surface area contributed by atoms with Crippen LogP contribution in [0.15, 0.2) is 25.7 Å². The van der Waals surface area contributed by atoms with Crippen molar-refractivity contribution < 1.29 is 0 Å². The van der Waals surface area contributed by atoms with E-state index in [1.54, 1.807) is 29.4 Å². The second-order valence-electron chi connectivity index (χ2n) is 1.61. The topological polar surface area (TPSA) is 17.8 Å². The highest BCUT2D eigenvalue weighted by atomic mass is 15.0. The van der Waals surface area contributed by atoms with Crippen LogP contribution in [0.3, 0.4) is 0 Å². The molecule has 1 aromatic rings. The van der Waals surface area contributed by atoms with Gasteiger partial charge in [-0.1, -0.05) is 40.9 Å². The molecule has 0 spiro atoms. The fraction of sp³-hybridized carbons (Fsp3) is 0.364. The normalized spacial score (nSPS) is 7.08. The Hall–Kier alpha value is -1.31. The number of hydrogen-bond acceptors (Lipinski definition) is 1. The van der Waals surface area contributed by atoms with Crippen molar-refractivity contribution >= 4 is 12.3 Å². The third kappa shape index (κ3) is 5.01. The van der Waals surface area contributed by atoms with E-state index in [9.17, 15) is 0 Å². The van der Waals surface area contributed by atoms with Crippen LogP contribution in [0, 0.1) is 0 Å². The summed E-state index contributed by atoms with van der Waals surface area (Å²) in [4.78, 5) is 3.88. The van der Waals surface area contributed by atoms with Crippen molar-refractivity contribution in [2.45, 2.75) is 27.7 Å². The van der Waals surface area contributed by atoms with Gasteiger partial charge in [0.15, 0.2) is 0 Å². The molecule has 0 fully saturated rings. The first kappa shape index (κ1) is 14.2. The van der Waals surface area contributed by atoms with Gasteiger partial charge in [-0.25, -0.2) is 4.98 Å². The van der Waals surface area contributed by atoms with Crippen LogP contribution in [-0.4, -0.2) is 9.55 Å². The van der Waals surface area contributed by atoms with Gasteiger partial charge < -0.3 is 4.57 Å². The maximum atomic E-state index is 3.88. The quantitative estimate of drug-likeness (QED) is 0.679. The third-order valence-corrected chi connectivity index (χ3v) is 1.10. The van der Waals surface area contributed by atoms with E-state index in [0.717, 1.165) is 5.69 Å². The van der Waals surface area contributed by atoms with E-state index in [1.165, 1.54) is 0 Å². The first-order valence-corrected chi connectivity index (χ1v) is 4.65. The van der Waals surface area contributed by atoms with Gasteiger partial charge in [-0.2, -0.15) is 0 Å². The third-order valence-electron chi connectivity index (χ3n) is 1.10. The summed E-state index contributed by atoms with van der Waals surface area (Å²) in [5.41, 5.74) is 0.963. The molecule has 1 heterocycles. The smallest absolute Gasteiger partial charge is 0.0991 e. The van der Waals surface area contributed by atoms with Crippen LogP contribution in [0.25, 0.3) is 12.3 Å². The van der Waals surface area contributed by atoms with Crippen molar-refractivity contribution in [2.24, 2.45) is 0 Å². The molecule has 13 heavy (non-hydrogen) atoms. The highest BCUT2D eigenvalue weighted by Crippen LogP contribution is 1.99. The Morgan fingerprint density at radius 3 is 2.08 bits per heavy atom. The second-order valence-corrected chi connectivity index (χ2v) is 1.61. The molecule has 1 rings (SSSR count). The zero-order chi connectivity index (χ0) is 10.7. The van der Waals surface area contributed by atoms with E-state index in [1.807, 2.05) is 27.7 Å². The summed E-state index contributed by atoms with van der Waals surface area (Å²) in [6.45, 7) is 15.2. The lowest BCUT2D eigenvalue weighted by Crippen LogP contribution is -1.83. The highest BCUT2D eigenvalue weighted by molar-refractivity contribution is 5.44. The Balaban J connectivity index is 0. The lowest BCUT2D eigenvalue weighted by molar-refractivity contribution is 1.13. The summed E-state index contributed by atoms with van der Waals surface area (Å²) in [6, 6.07) is 0. The van der Waals surface area contributed by atoms with Gasteiger partial charge in [0, 0.05) is 6.20 Å². The maximum Gasteiger partial charge on any atom is 0.0991 e. The molecule has 0 radical (unpaired) electrons. The molecule has 0 atom stereocenters. The van der Waals surface area contributed by atoms with Crippen molar-refractivity contribution in [1.29, 1.82) is 0 Å². The number of rotatable bonds is 2. The molecule has 0 saturated carbocycles. The van der Waals surface area contributed by atoms with Crippen LogP contribution < -0.4 is 0 Å². The molecule has 1 aromatic heterocycles. The van der Waals surface area contributed by atoms with Crippen LogP contribution >= 0.6 is 0 Å². The van der Waals surface area contributed by atoms with Crippen LogP contribution in [0.2, 0.25) is 0 Å². The van der Waals surface area contributed by atoms with Gasteiger partial charge in [0.25, 0.3) is 0 Å². The van der Waals surface area contributed by atoms with E-state index in [2.05, 4.69) is 18.1 Å². The number of hydrogen-bond donors (Lipinski definition) is 0. The zero-order valence-electron chi connectivity index (χ0n) is 9.12. The summed E-state index contributed by atoms with van der Waals surface area (Å²) in [5.74, 6) is 0. The number of aromatic nitrogens is 2. The number of imidazole rings is 1. The van der Waals surface area contributed by atoms with Gasteiger partial charge in [-0.15, -0.1) is 0 Å². The van der Waals surface area contributed by atoms with Gasteiger partial charge in [-0.05, 0) is 6.08 Å². The van der Waals surface area contributed by atoms with E-state index < -0.39 is 0 Å². The first-order chi connectivity index (χ1) is 6.38. The Labute approximate surface area is 81.6 Å². The van der Waals surface area contributed by atoms with E-state index >= 15 is 0 Å². The Bertz CT molecular complexity index is 201. The van der Waals surface area contributed by atoms with E-state index in [-0.39, 0.29) is 0 Å². The standard InChI is InChI=1S/C7H8N2.2C2H6/c1-3-7-5-8-6-9(7)4-2;2*1-2/h3-6H,1-2H2;2*1-2H3. The molecular formula is C11H20N2. The molecule has 0 N–H and O–H groups in total. The van der Waals surface area contributed by atoms with Crippen molar-refractivity contribution in [3.8, 4) is 0 Å². The largest absolute Gasteiger partial charge is 0.307 e. The van der Waals surface area contributed by atoms with E-state index in [0.29, 0.717) is 0 Å². The summed E-state index contributed by atoms with van der Waals surface area (Å²) < 4.78 is 1.80. The van der Waals surface area contributed by atoms with Gasteiger partial charge >= 0.3 is 0 Å². The molecule has 74 valence electrons. The SMILES string of the molecule is C=Cc1cncn1C=C.CC.CC. The molecular weight excluding hydrogens is 160 g/mol. The minimum absolute atomic E-state index is 0.963. The zero-order valence-corrected chi connectivity index (χ0v) is 9.12. The molecule has 0 amide bonds. The molecule has 0 aliphatic carbocycles. The Morgan fingerprint density at radius 2 is 1.77 bits per heavy atom. The summed E-state index contributed by atoms with van der Waals surface area (Å²) in [5, 5.41) is 0. The minimum atomic E-state index is 0.963. The molecule has 0 unspecified atom stereocenters. The van der Waals surface area contributed by atoms with Crippen molar-refractivity contribution in [3.05, 3.63) is 31.4 Å². The maximum absolute atomic E-state index is 3.88. The Morgan fingerprint density at radius 1 is 1.23 bits per heavy atom. The monoisotopic (exact) mass is 180 g/mol. The van der Waals surface area contributed by atoms with Crippen molar-refractivity contribution in [2.75, 3.05) is 0 Å². The number of nitrogens with zero attached hydrogens (tertiary/aromatic N) is 2. The van der Waals surface area contributed by atoms with Gasteiger partial charge in [0.05, 0.1) is 18.2 Å². The van der Waals surface area contributed by atoms with Gasteiger partial charge in [0.2, 0.25) is 0 Å². The van der Waals surface area contributed by atoms with Crippen LogP contribution in [-0.2, 0) is 0 Å². The lowest BCUT2D eigenvalue weighted by atomic mass is 10.5. The second kappa shape index (κ2) is 10.7. The fourth-order valence-electron chi connectivity index (χ4n) is 0.626. The molecule has 0 saturated heterocycles. The fourth-order valence-corrected chi connectivity index (χ4v) is 0.626. The highest BCUT2D eigenvalue weighted by Gasteiger charge is 1.89. The minimum Gasteiger partial charge on any atom is -0.307 e. The summed E-state index contributed by atoms with van der Waals surface area (Å²) in [6.07, 6.45) is 6.83. The predicted molar refractivity (Wildman–Crippen MR) is 61.4 cm³/mol. The van der Waals surface area contributed by atoms with Gasteiger partial charge in [-0.3, -0.25) is 0 Å². The first-order valence-electron chi connectivity index (χ1n) is 4.65. The van der Waals surface area contributed by atoms with Crippen molar-refractivity contribution in [3.63, 3.8) is 0 Å². The molecule has 0 bridgehead atoms. The molecule has 0 aliphatic rings. The molecule has 2 heteroatoms. The molecule has 2 nitrogen and oxygen atoms in total. The van der Waals surface area contributed by atoms with Gasteiger partial charge in [0.1, 0.15) is 0 Å². The average molecular weight is 180 g/mol. The lowest BCUT2D eigenvalue weighted by Gasteiger charge is -1.91. The van der Waals surface area contributed by atoms with Crippen LogP contribution in [0.4, 0.5) is 0 Å². The van der Waals surface area contributed by atoms with Crippen molar-refractivity contribution in [1.82, 2.24) is 9.55 Å².